The van der Waals surface area contributed by atoms with Crippen molar-refractivity contribution >= 4 is 17.8 Å². The van der Waals surface area contributed by atoms with Crippen LogP contribution in [0, 0.1) is 5.41 Å². The first-order chi connectivity index (χ1) is 17.1. The average molecular weight is 495 g/mol. The zero-order valence-corrected chi connectivity index (χ0v) is 22.4. The van der Waals surface area contributed by atoms with Gasteiger partial charge in [-0.3, -0.25) is 9.59 Å². The van der Waals surface area contributed by atoms with E-state index in [0.29, 0.717) is 19.3 Å². The summed E-state index contributed by atoms with van der Waals surface area (Å²) >= 11 is 0. The zero-order chi connectivity index (χ0) is 26.6. The van der Waals surface area contributed by atoms with Crippen LogP contribution in [0.2, 0.25) is 0 Å². The number of benzene rings is 2. The molecule has 3 atom stereocenters. The van der Waals surface area contributed by atoms with Crippen LogP contribution in [0.3, 0.4) is 0 Å². The molecule has 2 aromatic carbocycles. The van der Waals surface area contributed by atoms with Crippen molar-refractivity contribution in [1.82, 2.24) is 10.6 Å². The lowest BCUT2D eigenvalue weighted by Crippen LogP contribution is -2.49. The Hall–Kier alpha value is -3.15. The highest BCUT2D eigenvalue weighted by Crippen LogP contribution is 2.27. The molecular formula is C30H42N2O4. The van der Waals surface area contributed by atoms with E-state index in [1.807, 2.05) is 83.1 Å². The van der Waals surface area contributed by atoms with Crippen molar-refractivity contribution in [2.45, 2.75) is 91.3 Å². The molecule has 0 aliphatic carbocycles. The number of aryl methyl sites for hydroxylation is 1. The number of hydrogen-bond acceptors (Lipinski definition) is 4. The van der Waals surface area contributed by atoms with E-state index in [1.54, 1.807) is 0 Å². The predicted molar refractivity (Wildman–Crippen MR) is 144 cm³/mol. The molecule has 0 saturated heterocycles. The third kappa shape index (κ3) is 9.84. The molecule has 6 heteroatoms. The molecule has 0 radical (unpaired) electrons. The van der Waals surface area contributed by atoms with Crippen LogP contribution in [0.1, 0.15) is 83.9 Å². The second kappa shape index (κ2) is 14.4. The Morgan fingerprint density at radius 3 is 2.06 bits per heavy atom. The van der Waals surface area contributed by atoms with Crippen LogP contribution >= 0.6 is 0 Å². The van der Waals surface area contributed by atoms with Crippen molar-refractivity contribution in [2.75, 3.05) is 0 Å². The summed E-state index contributed by atoms with van der Waals surface area (Å²) in [6.07, 6.45) is 3.42. The maximum Gasteiger partial charge on any atom is 0.408 e. The second-order valence-electron chi connectivity index (χ2n) is 10.4. The summed E-state index contributed by atoms with van der Waals surface area (Å²) in [7, 11) is 0. The molecule has 2 N–H and O–H groups in total. The first-order valence-corrected chi connectivity index (χ1v) is 13.0. The molecular weight excluding hydrogens is 452 g/mol. The molecule has 2 aromatic rings. The molecule has 0 fully saturated rings. The molecule has 0 spiro atoms. The van der Waals surface area contributed by atoms with Gasteiger partial charge in [-0.2, -0.15) is 0 Å². The van der Waals surface area contributed by atoms with Gasteiger partial charge in [-0.1, -0.05) is 101 Å². The zero-order valence-electron chi connectivity index (χ0n) is 22.4. The van der Waals surface area contributed by atoms with E-state index >= 15 is 0 Å². The number of carbonyl (C=O) groups excluding carboxylic acids is 3. The number of ether oxygens (including phenoxy) is 1. The van der Waals surface area contributed by atoms with Crippen LogP contribution in [-0.2, 0) is 20.7 Å². The van der Waals surface area contributed by atoms with E-state index in [4.69, 9.17) is 4.74 Å². The highest BCUT2D eigenvalue weighted by atomic mass is 16.6. The smallest absolute Gasteiger partial charge is 0.408 e. The molecule has 2 amide bonds. The minimum absolute atomic E-state index is 0.264. The van der Waals surface area contributed by atoms with E-state index in [2.05, 4.69) is 22.8 Å². The summed E-state index contributed by atoms with van der Waals surface area (Å²) in [4.78, 5) is 38.6. The molecule has 2 rings (SSSR count). The summed E-state index contributed by atoms with van der Waals surface area (Å²) in [6, 6.07) is 18.4. The second-order valence-corrected chi connectivity index (χ2v) is 10.4. The van der Waals surface area contributed by atoms with Gasteiger partial charge in [0.1, 0.15) is 12.1 Å². The Labute approximate surface area is 216 Å². The summed E-state index contributed by atoms with van der Waals surface area (Å²) in [6.45, 7) is 9.93. The van der Waals surface area contributed by atoms with Crippen molar-refractivity contribution in [2.24, 2.45) is 5.41 Å². The van der Waals surface area contributed by atoms with Crippen LogP contribution in [0.5, 0.6) is 0 Å². The lowest BCUT2D eigenvalue weighted by Gasteiger charge is -2.31. The average Bonchev–Trinajstić information content (AvgIpc) is 2.86. The van der Waals surface area contributed by atoms with Gasteiger partial charge in [0.05, 0.1) is 6.04 Å². The Bertz CT molecular complexity index is 954. The SMILES string of the molecule is CCCC[C@H](NC(=O)O[C@@H](CCCc1ccccc1)C(C)(C)C)C(=O)C(=O)N[C@H](C)c1ccccc1. The number of carbonyl (C=O) groups is 3. The lowest BCUT2D eigenvalue weighted by atomic mass is 9.85. The van der Waals surface area contributed by atoms with Gasteiger partial charge in [-0.15, -0.1) is 0 Å². The fourth-order valence-corrected chi connectivity index (χ4v) is 4.04. The lowest BCUT2D eigenvalue weighted by molar-refractivity contribution is -0.139. The van der Waals surface area contributed by atoms with E-state index in [9.17, 15) is 14.4 Å². The Morgan fingerprint density at radius 1 is 0.861 bits per heavy atom. The van der Waals surface area contributed by atoms with Crippen LogP contribution in [0.25, 0.3) is 0 Å². The number of amides is 2. The van der Waals surface area contributed by atoms with Crippen molar-refractivity contribution in [1.29, 1.82) is 0 Å². The third-order valence-electron chi connectivity index (χ3n) is 6.32. The largest absolute Gasteiger partial charge is 0.446 e. The molecule has 0 aromatic heterocycles. The van der Waals surface area contributed by atoms with Crippen LogP contribution in [-0.4, -0.2) is 29.9 Å². The fraction of sp³-hybridized carbons (Fsp3) is 0.500. The number of nitrogens with one attached hydrogen (secondary N) is 2. The number of ketones is 1. The normalized spacial score (nSPS) is 13.8. The monoisotopic (exact) mass is 494 g/mol. The van der Waals surface area contributed by atoms with E-state index in [-0.39, 0.29) is 17.6 Å². The Balaban J connectivity index is 1.98. The highest BCUT2D eigenvalue weighted by molar-refractivity contribution is 6.38. The predicted octanol–water partition coefficient (Wildman–Crippen LogP) is 6.16. The maximum atomic E-state index is 13.0. The maximum absolute atomic E-state index is 13.0. The fourth-order valence-electron chi connectivity index (χ4n) is 4.04. The molecule has 0 unspecified atom stereocenters. The number of unbranched alkanes of at least 4 members (excludes halogenated alkanes) is 1. The highest BCUT2D eigenvalue weighted by Gasteiger charge is 2.31. The molecule has 196 valence electrons. The van der Waals surface area contributed by atoms with Crippen molar-refractivity contribution < 1.29 is 19.1 Å². The summed E-state index contributed by atoms with van der Waals surface area (Å²) in [5, 5.41) is 5.44. The number of Topliss-reactive ketones (excluding diaryl/α,β-unsaturated/α-hetero) is 1. The first kappa shape index (κ1) is 29.1. The summed E-state index contributed by atoms with van der Waals surface area (Å²) in [5.74, 6) is -1.36. The Kier molecular flexibility index (Phi) is 11.6. The number of hydrogen-bond donors (Lipinski definition) is 2. The third-order valence-corrected chi connectivity index (χ3v) is 6.32. The molecule has 0 heterocycles. The minimum atomic E-state index is -0.926. The molecule has 0 saturated carbocycles. The minimum Gasteiger partial charge on any atom is -0.446 e. The van der Waals surface area contributed by atoms with Gasteiger partial charge < -0.3 is 15.4 Å². The van der Waals surface area contributed by atoms with Gasteiger partial charge >= 0.3 is 6.09 Å². The van der Waals surface area contributed by atoms with Crippen molar-refractivity contribution in [3.05, 3.63) is 71.8 Å². The molecule has 0 bridgehead atoms. The van der Waals surface area contributed by atoms with Gasteiger partial charge in [0.2, 0.25) is 5.78 Å². The summed E-state index contributed by atoms with van der Waals surface area (Å²) in [5.41, 5.74) is 1.88. The summed E-state index contributed by atoms with van der Waals surface area (Å²) < 4.78 is 5.81. The van der Waals surface area contributed by atoms with E-state index in [1.165, 1.54) is 5.56 Å². The van der Waals surface area contributed by atoms with Crippen molar-refractivity contribution in [3.63, 3.8) is 0 Å². The van der Waals surface area contributed by atoms with Gasteiger partial charge in [0.25, 0.3) is 5.91 Å². The molecule has 36 heavy (non-hydrogen) atoms. The first-order valence-electron chi connectivity index (χ1n) is 13.0. The van der Waals surface area contributed by atoms with Gasteiger partial charge in [-0.25, -0.2) is 4.79 Å². The molecule has 6 nitrogen and oxygen atoms in total. The standard InChI is InChI=1S/C30H42N2O4/c1-6-7-20-25(27(33)28(34)31-22(2)24-18-12-9-13-19-24)32-29(35)36-26(30(3,4)5)21-14-17-23-15-10-8-11-16-23/h8-13,15-16,18-19,22,25-26H,6-7,14,17,20-21H2,1-5H3,(H,31,34)(H,32,35)/t22-,25+,26+/m1/s1. The molecule has 0 aliphatic heterocycles. The van der Waals surface area contributed by atoms with Crippen molar-refractivity contribution in [3.8, 4) is 0 Å². The molecule has 0 aliphatic rings. The van der Waals surface area contributed by atoms with E-state index < -0.39 is 23.8 Å². The number of alkyl carbamates (subject to hydrolysis) is 1. The van der Waals surface area contributed by atoms with Gasteiger partial charge in [-0.05, 0) is 49.1 Å². The topological polar surface area (TPSA) is 84.5 Å². The van der Waals surface area contributed by atoms with Crippen LogP contribution in [0.15, 0.2) is 60.7 Å². The quantitative estimate of drug-likeness (QED) is 0.327. The number of rotatable bonds is 13. The van der Waals surface area contributed by atoms with E-state index in [0.717, 1.165) is 24.8 Å². The van der Waals surface area contributed by atoms with Gasteiger partial charge in [0, 0.05) is 0 Å². The van der Waals surface area contributed by atoms with Crippen LogP contribution < -0.4 is 10.6 Å². The Morgan fingerprint density at radius 2 is 1.47 bits per heavy atom. The van der Waals surface area contributed by atoms with Crippen LogP contribution in [0.4, 0.5) is 4.79 Å². The van der Waals surface area contributed by atoms with Gasteiger partial charge in [0.15, 0.2) is 0 Å².